The molecule has 0 saturated heterocycles. The Kier molecular flexibility index (Phi) is 9.48. The first-order valence-corrected chi connectivity index (χ1v) is 11.9. The number of unbranched alkanes of at least 4 members (excludes halogenated alkanes) is 1. The molecule has 168 valence electrons. The maximum absolute atomic E-state index is 12.8. The predicted molar refractivity (Wildman–Crippen MR) is 120 cm³/mol. The van der Waals surface area contributed by atoms with E-state index >= 15 is 0 Å². The van der Waals surface area contributed by atoms with Crippen LogP contribution in [0.3, 0.4) is 0 Å². The minimum atomic E-state index is -3.89. The van der Waals surface area contributed by atoms with Crippen LogP contribution in [0.2, 0.25) is 5.02 Å². The average Bonchev–Trinajstić information content (AvgIpc) is 2.73. The molecule has 0 spiro atoms. The average molecular weight is 467 g/mol. The fourth-order valence-electron chi connectivity index (χ4n) is 2.83. The fraction of sp³-hybridized carbons (Fsp3) is 0.364. The molecule has 2 aromatic rings. The third kappa shape index (κ3) is 7.97. The Hall–Kier alpha value is -2.42. The van der Waals surface area contributed by atoms with Crippen LogP contribution in [0.5, 0.6) is 0 Å². The van der Waals surface area contributed by atoms with Crippen molar-refractivity contribution in [3.05, 3.63) is 59.1 Å². The molecule has 0 bridgehead atoms. The van der Waals surface area contributed by atoms with Crippen molar-refractivity contribution in [2.24, 2.45) is 0 Å². The SMILES string of the molecule is CCCC[C@@H](NS(=O)(=O)c1ccc(Cl)cc1)C(=O)Nc1ccc(CC(=O)OCC)cc1. The standard InChI is InChI=1S/C22H27ClN2O5S/c1-3-5-6-20(25-31(28,29)19-13-9-17(23)10-14-19)22(27)24-18-11-7-16(8-12-18)15-21(26)30-4-2/h7-14,20,25H,3-6,15H2,1-2H3,(H,24,27)/t20-/m1/s1. The first-order valence-electron chi connectivity index (χ1n) is 10.1. The number of nitrogens with one attached hydrogen (secondary N) is 2. The van der Waals surface area contributed by atoms with Gasteiger partial charge in [0.1, 0.15) is 6.04 Å². The van der Waals surface area contributed by atoms with Gasteiger partial charge in [-0.25, -0.2) is 8.42 Å². The van der Waals surface area contributed by atoms with Crippen molar-refractivity contribution >= 4 is 39.2 Å². The molecule has 31 heavy (non-hydrogen) atoms. The normalized spacial score (nSPS) is 12.2. The number of sulfonamides is 1. The molecule has 0 saturated carbocycles. The number of carbonyl (C=O) groups excluding carboxylic acids is 2. The summed E-state index contributed by atoms with van der Waals surface area (Å²) in [5.41, 5.74) is 1.26. The summed E-state index contributed by atoms with van der Waals surface area (Å²) >= 11 is 5.83. The maximum atomic E-state index is 12.8. The Morgan fingerprint density at radius 1 is 1.03 bits per heavy atom. The molecule has 1 atom stereocenters. The highest BCUT2D eigenvalue weighted by atomic mass is 35.5. The number of ether oxygens (including phenoxy) is 1. The molecule has 0 aliphatic heterocycles. The molecule has 2 aromatic carbocycles. The van der Waals surface area contributed by atoms with E-state index in [1.54, 1.807) is 31.2 Å². The van der Waals surface area contributed by atoms with Crippen LogP contribution in [0.15, 0.2) is 53.4 Å². The van der Waals surface area contributed by atoms with Gasteiger partial charge < -0.3 is 10.1 Å². The number of esters is 1. The Balaban J connectivity index is 2.08. The van der Waals surface area contributed by atoms with Crippen molar-refractivity contribution < 1.29 is 22.7 Å². The van der Waals surface area contributed by atoms with E-state index in [9.17, 15) is 18.0 Å². The highest BCUT2D eigenvalue weighted by Crippen LogP contribution is 2.17. The first-order chi connectivity index (χ1) is 14.7. The van der Waals surface area contributed by atoms with Gasteiger partial charge >= 0.3 is 5.97 Å². The summed E-state index contributed by atoms with van der Waals surface area (Å²) in [5, 5.41) is 3.16. The second-order valence-corrected chi connectivity index (χ2v) is 9.09. The summed E-state index contributed by atoms with van der Waals surface area (Å²) in [6.07, 6.45) is 1.99. The van der Waals surface area contributed by atoms with Gasteiger partial charge in [-0.1, -0.05) is 43.5 Å². The zero-order chi connectivity index (χ0) is 22.9. The van der Waals surface area contributed by atoms with Crippen molar-refractivity contribution in [3.63, 3.8) is 0 Å². The lowest BCUT2D eigenvalue weighted by Crippen LogP contribution is -2.43. The number of halogens is 1. The predicted octanol–water partition coefficient (Wildman–Crippen LogP) is 3.92. The molecule has 2 N–H and O–H groups in total. The number of anilines is 1. The van der Waals surface area contributed by atoms with Gasteiger partial charge in [0.05, 0.1) is 17.9 Å². The van der Waals surface area contributed by atoms with Crippen LogP contribution >= 0.6 is 11.6 Å². The van der Waals surface area contributed by atoms with Crippen molar-refractivity contribution in [2.75, 3.05) is 11.9 Å². The Labute approximate surface area is 188 Å². The third-order valence-electron chi connectivity index (χ3n) is 4.46. The minimum absolute atomic E-state index is 0.0366. The van der Waals surface area contributed by atoms with Gasteiger partial charge in [-0.15, -0.1) is 0 Å². The van der Waals surface area contributed by atoms with Gasteiger partial charge in [0.15, 0.2) is 0 Å². The van der Waals surface area contributed by atoms with Crippen LogP contribution in [0, 0.1) is 0 Å². The van der Waals surface area contributed by atoms with E-state index < -0.39 is 22.0 Å². The van der Waals surface area contributed by atoms with Gasteiger partial charge in [0, 0.05) is 10.7 Å². The maximum Gasteiger partial charge on any atom is 0.310 e. The highest BCUT2D eigenvalue weighted by Gasteiger charge is 2.25. The van der Waals surface area contributed by atoms with E-state index in [1.807, 2.05) is 6.92 Å². The van der Waals surface area contributed by atoms with E-state index in [2.05, 4.69) is 10.0 Å². The second-order valence-electron chi connectivity index (χ2n) is 6.94. The summed E-state index contributed by atoms with van der Waals surface area (Å²) in [7, 11) is -3.89. The number of hydrogen-bond donors (Lipinski definition) is 2. The molecule has 1 amide bonds. The molecule has 0 aliphatic carbocycles. The van der Waals surface area contributed by atoms with Crippen molar-refractivity contribution in [3.8, 4) is 0 Å². The van der Waals surface area contributed by atoms with Crippen molar-refractivity contribution in [1.29, 1.82) is 0 Å². The molecule has 0 aromatic heterocycles. The van der Waals surface area contributed by atoms with E-state index in [0.29, 0.717) is 30.2 Å². The Morgan fingerprint density at radius 2 is 1.68 bits per heavy atom. The topological polar surface area (TPSA) is 102 Å². The lowest BCUT2D eigenvalue weighted by atomic mass is 10.1. The zero-order valence-electron chi connectivity index (χ0n) is 17.6. The smallest absolute Gasteiger partial charge is 0.310 e. The van der Waals surface area contributed by atoms with Crippen LogP contribution in [-0.2, 0) is 30.8 Å². The molecule has 0 unspecified atom stereocenters. The molecule has 9 heteroatoms. The van der Waals surface area contributed by atoms with Gasteiger partial charge in [-0.3, -0.25) is 9.59 Å². The summed E-state index contributed by atoms with van der Waals surface area (Å²) in [5.74, 6) is -0.778. The number of carbonyl (C=O) groups is 2. The summed E-state index contributed by atoms with van der Waals surface area (Å²) in [4.78, 5) is 24.4. The fourth-order valence-corrected chi connectivity index (χ4v) is 4.19. The molecule has 0 fully saturated rings. The number of hydrogen-bond acceptors (Lipinski definition) is 5. The zero-order valence-corrected chi connectivity index (χ0v) is 19.1. The summed E-state index contributed by atoms with van der Waals surface area (Å²) < 4.78 is 32.8. The van der Waals surface area contributed by atoms with Gasteiger partial charge in [0.2, 0.25) is 15.9 Å². The number of benzene rings is 2. The van der Waals surface area contributed by atoms with E-state index in [0.717, 1.165) is 12.0 Å². The van der Waals surface area contributed by atoms with Crippen molar-refractivity contribution in [2.45, 2.75) is 50.5 Å². The number of amides is 1. The van der Waals surface area contributed by atoms with Crippen LogP contribution in [0.4, 0.5) is 5.69 Å². The molecule has 0 aliphatic rings. The van der Waals surface area contributed by atoms with Crippen molar-refractivity contribution in [1.82, 2.24) is 4.72 Å². The molecule has 0 radical (unpaired) electrons. The van der Waals surface area contributed by atoms with Crippen LogP contribution in [0.25, 0.3) is 0 Å². The van der Waals surface area contributed by atoms with Crippen LogP contribution in [-0.4, -0.2) is 32.9 Å². The summed E-state index contributed by atoms with van der Waals surface area (Å²) in [6.45, 7) is 4.02. The van der Waals surface area contributed by atoms with Crippen LogP contribution < -0.4 is 10.0 Å². The molecular weight excluding hydrogens is 440 g/mol. The van der Waals surface area contributed by atoms with Gasteiger partial charge in [0.25, 0.3) is 0 Å². The highest BCUT2D eigenvalue weighted by molar-refractivity contribution is 7.89. The van der Waals surface area contributed by atoms with Crippen LogP contribution in [0.1, 0.15) is 38.7 Å². The molecule has 7 nitrogen and oxygen atoms in total. The van der Waals surface area contributed by atoms with Gasteiger partial charge in [-0.2, -0.15) is 4.72 Å². The molecular formula is C22H27ClN2O5S. The van der Waals surface area contributed by atoms with E-state index in [4.69, 9.17) is 16.3 Å². The second kappa shape index (κ2) is 11.8. The quantitative estimate of drug-likeness (QED) is 0.489. The first kappa shape index (κ1) is 24.8. The lowest BCUT2D eigenvalue weighted by Gasteiger charge is -2.18. The third-order valence-corrected chi connectivity index (χ3v) is 6.20. The van der Waals surface area contributed by atoms with E-state index in [1.165, 1.54) is 24.3 Å². The van der Waals surface area contributed by atoms with E-state index in [-0.39, 0.29) is 17.3 Å². The molecule has 2 rings (SSSR count). The largest absolute Gasteiger partial charge is 0.466 e. The summed E-state index contributed by atoms with van der Waals surface area (Å²) in [6, 6.07) is 11.6. The minimum Gasteiger partial charge on any atom is -0.466 e. The Bertz CT molecular complexity index is 976. The lowest BCUT2D eigenvalue weighted by molar-refractivity contribution is -0.142. The van der Waals surface area contributed by atoms with Gasteiger partial charge in [-0.05, 0) is 55.3 Å². The number of rotatable bonds is 11. The Morgan fingerprint density at radius 3 is 2.26 bits per heavy atom. The molecule has 0 heterocycles. The monoisotopic (exact) mass is 466 g/mol.